The Labute approximate surface area is 196 Å². The first kappa shape index (κ1) is 21.8. The quantitative estimate of drug-likeness (QED) is 0.237. The van der Waals surface area contributed by atoms with Crippen LogP contribution in [0.4, 0.5) is 15.8 Å². The predicted octanol–water partition coefficient (Wildman–Crippen LogP) is 4.97. The van der Waals surface area contributed by atoms with Gasteiger partial charge in [-0.15, -0.1) is 0 Å². The maximum Gasteiger partial charge on any atom is 0.311 e. The van der Waals surface area contributed by atoms with Gasteiger partial charge in [-0.2, -0.15) is 0 Å². The summed E-state index contributed by atoms with van der Waals surface area (Å²) in [6.45, 7) is 0. The van der Waals surface area contributed by atoms with Gasteiger partial charge in [0.15, 0.2) is 17.3 Å². The second kappa shape index (κ2) is 8.10. The lowest BCUT2D eigenvalue weighted by molar-refractivity contribution is -0.385. The van der Waals surface area contributed by atoms with Crippen molar-refractivity contribution in [3.63, 3.8) is 0 Å². The number of benzene rings is 3. The fraction of sp³-hybridized carbons (Fsp3) is 0.0400. The number of nitro groups is 1. The van der Waals surface area contributed by atoms with E-state index in [-0.39, 0.29) is 17.0 Å². The second-order valence-electron chi connectivity index (χ2n) is 7.80. The van der Waals surface area contributed by atoms with E-state index in [0.29, 0.717) is 11.0 Å². The molecule has 0 bridgehead atoms. The minimum atomic E-state index is -1.37. The van der Waals surface area contributed by atoms with Crippen LogP contribution in [0.3, 0.4) is 0 Å². The van der Waals surface area contributed by atoms with Crippen molar-refractivity contribution in [1.82, 2.24) is 0 Å². The van der Waals surface area contributed by atoms with Crippen molar-refractivity contribution in [1.29, 1.82) is 0 Å². The van der Waals surface area contributed by atoms with Crippen LogP contribution in [-0.2, 0) is 4.79 Å². The first-order chi connectivity index (χ1) is 16.8. The number of carbonyl (C=O) groups excluding carboxylic acids is 2. The molecule has 1 atom stereocenters. The van der Waals surface area contributed by atoms with Gasteiger partial charge in [0.2, 0.25) is 5.78 Å². The predicted molar refractivity (Wildman–Crippen MR) is 122 cm³/mol. The molecule has 0 saturated carbocycles. The van der Waals surface area contributed by atoms with Crippen LogP contribution < -0.4 is 4.90 Å². The highest BCUT2D eigenvalue weighted by Crippen LogP contribution is 2.44. The molecular formula is C25H15FN2O7. The number of rotatable bonds is 5. The molecule has 3 aromatic carbocycles. The summed E-state index contributed by atoms with van der Waals surface area (Å²) in [5.41, 5.74) is -0.626. The molecule has 1 aromatic heterocycles. The average molecular weight is 474 g/mol. The van der Waals surface area contributed by atoms with Crippen molar-refractivity contribution in [2.75, 3.05) is 4.90 Å². The Bertz CT molecular complexity index is 1540. The summed E-state index contributed by atoms with van der Waals surface area (Å²) < 4.78 is 19.6. The van der Waals surface area contributed by atoms with Crippen molar-refractivity contribution in [2.45, 2.75) is 6.04 Å². The molecule has 0 spiro atoms. The van der Waals surface area contributed by atoms with Gasteiger partial charge in [0.25, 0.3) is 5.91 Å². The Morgan fingerprint density at radius 3 is 2.51 bits per heavy atom. The van der Waals surface area contributed by atoms with Gasteiger partial charge in [0.1, 0.15) is 11.4 Å². The van der Waals surface area contributed by atoms with Gasteiger partial charge < -0.3 is 14.6 Å². The lowest BCUT2D eigenvalue weighted by atomic mass is 9.94. The number of aromatic hydroxyl groups is 1. The third-order valence-electron chi connectivity index (χ3n) is 5.70. The summed E-state index contributed by atoms with van der Waals surface area (Å²) in [4.78, 5) is 38.2. The standard InChI is InChI=1S/C25H15FN2O7/c26-15-5-3-6-16(12-15)27-22(14-8-9-18(29)17(10-14)28(33)34)21(24(31)25(27)32)23(30)20-11-13-4-1-2-7-19(13)35-20/h1-12,22,29,31H. The van der Waals surface area contributed by atoms with E-state index in [4.69, 9.17) is 4.42 Å². The largest absolute Gasteiger partial charge is 0.503 e. The highest BCUT2D eigenvalue weighted by atomic mass is 19.1. The first-order valence-corrected chi connectivity index (χ1v) is 10.3. The first-order valence-electron chi connectivity index (χ1n) is 10.3. The number of fused-ring (bicyclic) bond motifs is 1. The second-order valence-corrected chi connectivity index (χ2v) is 7.80. The van der Waals surface area contributed by atoms with Crippen molar-refractivity contribution >= 4 is 34.0 Å². The average Bonchev–Trinajstić information content (AvgIpc) is 3.38. The van der Waals surface area contributed by atoms with Crippen LogP contribution in [0.5, 0.6) is 5.75 Å². The maximum absolute atomic E-state index is 14.0. The van der Waals surface area contributed by atoms with Gasteiger partial charge in [-0.05, 0) is 42.0 Å². The van der Waals surface area contributed by atoms with E-state index < -0.39 is 51.2 Å². The number of carbonyl (C=O) groups is 2. The van der Waals surface area contributed by atoms with Crippen LogP contribution in [0.1, 0.15) is 22.2 Å². The maximum atomic E-state index is 14.0. The Morgan fingerprint density at radius 1 is 1.03 bits per heavy atom. The molecule has 35 heavy (non-hydrogen) atoms. The summed E-state index contributed by atoms with van der Waals surface area (Å²) in [6, 6.07) is 15.1. The van der Waals surface area contributed by atoms with Gasteiger partial charge >= 0.3 is 5.69 Å². The Balaban J connectivity index is 1.71. The van der Waals surface area contributed by atoms with Gasteiger partial charge in [-0.25, -0.2) is 4.39 Å². The number of hydrogen-bond donors (Lipinski definition) is 2. The number of phenolic OH excluding ortho intramolecular Hbond substituents is 1. The van der Waals surface area contributed by atoms with E-state index in [1.807, 2.05) is 0 Å². The number of furan rings is 1. The Morgan fingerprint density at radius 2 is 1.80 bits per heavy atom. The van der Waals surface area contributed by atoms with E-state index >= 15 is 0 Å². The molecule has 4 aromatic rings. The van der Waals surface area contributed by atoms with Gasteiger partial charge in [-0.1, -0.05) is 30.3 Å². The van der Waals surface area contributed by atoms with Gasteiger partial charge in [0, 0.05) is 17.1 Å². The van der Waals surface area contributed by atoms with Gasteiger partial charge in [0.05, 0.1) is 16.5 Å². The van der Waals surface area contributed by atoms with Crippen molar-refractivity contribution in [3.8, 4) is 5.75 Å². The third kappa shape index (κ3) is 3.57. The molecule has 0 aliphatic carbocycles. The highest BCUT2D eigenvalue weighted by Gasteiger charge is 2.46. The number of hydrogen-bond acceptors (Lipinski definition) is 7. The zero-order chi connectivity index (χ0) is 24.9. The molecule has 2 N–H and O–H groups in total. The molecule has 10 heteroatoms. The Kier molecular flexibility index (Phi) is 5.05. The van der Waals surface area contributed by atoms with E-state index in [0.717, 1.165) is 29.2 Å². The monoisotopic (exact) mass is 474 g/mol. The summed E-state index contributed by atoms with van der Waals surface area (Å²) in [5.74, 6) is -4.20. The molecule has 174 valence electrons. The summed E-state index contributed by atoms with van der Waals surface area (Å²) >= 11 is 0. The molecule has 5 rings (SSSR count). The number of Topliss-reactive ketones (excluding diaryl/α,β-unsaturated/α-hetero) is 1. The summed E-state index contributed by atoms with van der Waals surface area (Å²) in [6.07, 6.45) is 0. The molecule has 1 aliphatic rings. The SMILES string of the molecule is O=C(C1=C(O)C(=O)N(c2cccc(F)c2)C1c1ccc(O)c([N+](=O)[O-])c1)c1cc2ccccc2o1. The number of halogens is 1. The van der Waals surface area contributed by atoms with E-state index in [1.54, 1.807) is 24.3 Å². The number of phenols is 1. The number of para-hydroxylation sites is 1. The topological polar surface area (TPSA) is 134 Å². The zero-order valence-corrected chi connectivity index (χ0v) is 17.7. The van der Waals surface area contributed by atoms with E-state index in [2.05, 4.69) is 0 Å². The van der Waals surface area contributed by atoms with E-state index in [1.165, 1.54) is 24.3 Å². The summed E-state index contributed by atoms with van der Waals surface area (Å²) in [5, 5.41) is 32.7. The van der Waals surface area contributed by atoms with Crippen molar-refractivity contribution in [3.05, 3.63) is 111 Å². The highest BCUT2D eigenvalue weighted by molar-refractivity contribution is 6.20. The zero-order valence-electron chi connectivity index (χ0n) is 17.7. The summed E-state index contributed by atoms with van der Waals surface area (Å²) in [7, 11) is 0. The Hall–Kier alpha value is -4.99. The number of aliphatic hydroxyl groups is 1. The number of ketones is 1. The number of nitrogens with zero attached hydrogens (tertiary/aromatic N) is 2. The fourth-order valence-corrected chi connectivity index (χ4v) is 4.13. The lowest BCUT2D eigenvalue weighted by Crippen LogP contribution is -2.31. The lowest BCUT2D eigenvalue weighted by Gasteiger charge is -2.26. The van der Waals surface area contributed by atoms with Crippen LogP contribution in [0.15, 0.2) is 88.5 Å². The molecule has 1 amide bonds. The minimum Gasteiger partial charge on any atom is -0.503 e. The van der Waals surface area contributed by atoms with Crippen molar-refractivity contribution < 1.29 is 33.5 Å². The number of aliphatic hydroxyl groups excluding tert-OH is 1. The van der Waals surface area contributed by atoms with Crippen LogP contribution >= 0.6 is 0 Å². The van der Waals surface area contributed by atoms with Crippen LogP contribution in [0.25, 0.3) is 11.0 Å². The molecule has 0 radical (unpaired) electrons. The smallest absolute Gasteiger partial charge is 0.311 e. The van der Waals surface area contributed by atoms with Crippen molar-refractivity contribution in [2.24, 2.45) is 0 Å². The molecular weight excluding hydrogens is 459 g/mol. The fourth-order valence-electron chi connectivity index (χ4n) is 4.13. The number of amides is 1. The normalized spacial score (nSPS) is 15.7. The molecule has 0 saturated heterocycles. The molecule has 0 fully saturated rings. The molecule has 1 unspecified atom stereocenters. The van der Waals surface area contributed by atoms with Crippen LogP contribution in [0, 0.1) is 15.9 Å². The van der Waals surface area contributed by atoms with Crippen LogP contribution in [-0.4, -0.2) is 26.8 Å². The number of nitro benzene ring substituents is 1. The number of anilines is 1. The molecule has 2 heterocycles. The van der Waals surface area contributed by atoms with Crippen LogP contribution in [0.2, 0.25) is 0 Å². The van der Waals surface area contributed by atoms with E-state index in [9.17, 15) is 34.3 Å². The third-order valence-corrected chi connectivity index (χ3v) is 5.70. The minimum absolute atomic E-state index is 0.00897. The molecule has 1 aliphatic heterocycles. The molecule has 9 nitrogen and oxygen atoms in total. The van der Waals surface area contributed by atoms with Gasteiger partial charge in [-0.3, -0.25) is 24.6 Å².